The van der Waals surface area contributed by atoms with Crippen LogP contribution in [-0.4, -0.2) is 22.8 Å². The molecule has 0 saturated carbocycles. The van der Waals surface area contributed by atoms with Crippen molar-refractivity contribution in [3.05, 3.63) is 36.5 Å². The minimum Gasteiger partial charge on any atom is -0.459 e. The molecule has 2 atom stereocenters. The largest absolute Gasteiger partial charge is 0.459 e. The van der Waals surface area contributed by atoms with Crippen molar-refractivity contribution in [2.75, 3.05) is 0 Å². The molecule has 0 fully saturated rings. The van der Waals surface area contributed by atoms with Crippen molar-refractivity contribution in [1.29, 1.82) is 0 Å². The first-order valence-electron chi connectivity index (χ1n) is 12.7. The van der Waals surface area contributed by atoms with Crippen molar-refractivity contribution >= 4 is 5.97 Å². The smallest absolute Gasteiger partial charge is 0.306 e. The lowest BCUT2D eigenvalue weighted by molar-refractivity contribution is -0.159. The summed E-state index contributed by atoms with van der Waals surface area (Å²) in [7, 11) is 0. The van der Waals surface area contributed by atoms with Gasteiger partial charge < -0.3 is 9.84 Å². The molecule has 0 aliphatic rings. The number of allylic oxidation sites excluding steroid dienone is 3. The third-order valence-corrected chi connectivity index (χ3v) is 5.72. The highest BCUT2D eigenvalue weighted by Crippen LogP contribution is 2.21. The van der Waals surface area contributed by atoms with Crippen molar-refractivity contribution in [3.63, 3.8) is 0 Å². The van der Waals surface area contributed by atoms with Gasteiger partial charge in [0.15, 0.2) is 0 Å². The number of rotatable bonds is 20. The number of carbonyl (C=O) groups excluding carboxylic acids is 1. The quantitative estimate of drug-likeness (QED) is 0.119. The van der Waals surface area contributed by atoms with Crippen LogP contribution in [0.25, 0.3) is 0 Å². The predicted octanol–water partition coefficient (Wildman–Crippen LogP) is 8.23. The summed E-state index contributed by atoms with van der Waals surface area (Å²) in [5.74, 6) is -0.230. The van der Waals surface area contributed by atoms with Gasteiger partial charge in [-0.15, -0.1) is 6.58 Å². The highest BCUT2D eigenvalue weighted by molar-refractivity contribution is 5.69. The first-order chi connectivity index (χ1) is 14.8. The lowest BCUT2D eigenvalue weighted by atomic mass is 9.95. The number of esters is 1. The standard InChI is InChI=1S/C28H50O3/c1-6-8-9-10-11-12-13-14-15-16-17-18-19-20-21-22-27(29)31-26(24-23-25(3)4)28(5,30)7-2/h7,14-15,23,26,30H,2,6,8-13,16-22,24H2,1,3-5H3. The SMILES string of the molecule is C=CC(C)(O)C(CC=C(C)C)OC(=O)CCCCCCCC=CCCCCCCCC. The van der Waals surface area contributed by atoms with Crippen LogP contribution in [0.3, 0.4) is 0 Å². The predicted molar refractivity (Wildman–Crippen MR) is 134 cm³/mol. The van der Waals surface area contributed by atoms with Crippen molar-refractivity contribution in [2.24, 2.45) is 0 Å². The molecule has 0 aromatic rings. The molecule has 3 heteroatoms. The van der Waals surface area contributed by atoms with Crippen LogP contribution in [-0.2, 0) is 9.53 Å². The van der Waals surface area contributed by atoms with Crippen LogP contribution in [0, 0.1) is 0 Å². The molecule has 0 aromatic carbocycles. The minimum absolute atomic E-state index is 0.230. The maximum atomic E-state index is 12.2. The Morgan fingerprint density at radius 2 is 1.45 bits per heavy atom. The molecule has 0 rings (SSSR count). The summed E-state index contributed by atoms with van der Waals surface area (Å²) in [6.45, 7) is 11.6. The van der Waals surface area contributed by atoms with E-state index >= 15 is 0 Å². The lowest BCUT2D eigenvalue weighted by Crippen LogP contribution is -2.40. The average molecular weight is 435 g/mol. The fourth-order valence-corrected chi connectivity index (χ4v) is 3.44. The molecule has 0 saturated heterocycles. The summed E-state index contributed by atoms with van der Waals surface area (Å²) < 4.78 is 5.56. The van der Waals surface area contributed by atoms with Crippen LogP contribution < -0.4 is 0 Å². The number of aliphatic hydroxyl groups is 1. The van der Waals surface area contributed by atoms with Crippen LogP contribution >= 0.6 is 0 Å². The Kier molecular flexibility index (Phi) is 18.5. The molecule has 0 aliphatic carbocycles. The van der Waals surface area contributed by atoms with E-state index in [0.717, 1.165) is 24.8 Å². The molecule has 2 unspecified atom stereocenters. The molecular formula is C28H50O3. The van der Waals surface area contributed by atoms with Gasteiger partial charge in [0.1, 0.15) is 11.7 Å². The molecule has 31 heavy (non-hydrogen) atoms. The summed E-state index contributed by atoms with van der Waals surface area (Å²) in [6.07, 6.45) is 24.5. The molecule has 3 nitrogen and oxygen atoms in total. The zero-order chi connectivity index (χ0) is 23.4. The minimum atomic E-state index is -1.22. The van der Waals surface area contributed by atoms with Gasteiger partial charge in [0.05, 0.1) is 0 Å². The summed E-state index contributed by atoms with van der Waals surface area (Å²) in [4.78, 5) is 12.2. The van der Waals surface area contributed by atoms with E-state index in [1.54, 1.807) is 6.92 Å². The zero-order valence-electron chi connectivity index (χ0n) is 21.0. The van der Waals surface area contributed by atoms with E-state index in [2.05, 4.69) is 25.7 Å². The van der Waals surface area contributed by atoms with Crippen LogP contribution in [0.1, 0.15) is 124 Å². The Morgan fingerprint density at radius 1 is 0.935 bits per heavy atom. The van der Waals surface area contributed by atoms with Crippen LogP contribution in [0.2, 0.25) is 0 Å². The highest BCUT2D eigenvalue weighted by atomic mass is 16.6. The van der Waals surface area contributed by atoms with Gasteiger partial charge in [-0.05, 0) is 52.9 Å². The van der Waals surface area contributed by atoms with E-state index in [0.29, 0.717) is 12.8 Å². The van der Waals surface area contributed by atoms with Gasteiger partial charge in [0.2, 0.25) is 0 Å². The Bertz CT molecular complexity index is 512. The number of unbranched alkanes of at least 4 members (excludes halogenated alkanes) is 11. The van der Waals surface area contributed by atoms with E-state index in [9.17, 15) is 9.90 Å². The molecule has 0 radical (unpaired) electrons. The molecule has 0 spiro atoms. The van der Waals surface area contributed by atoms with Gasteiger partial charge in [-0.2, -0.15) is 0 Å². The molecule has 0 bridgehead atoms. The van der Waals surface area contributed by atoms with E-state index in [1.165, 1.54) is 70.3 Å². The topological polar surface area (TPSA) is 46.5 Å². The Morgan fingerprint density at radius 3 is 1.97 bits per heavy atom. The molecule has 1 N–H and O–H groups in total. The normalized spacial score (nSPS) is 14.2. The van der Waals surface area contributed by atoms with Gasteiger partial charge >= 0.3 is 5.97 Å². The third-order valence-electron chi connectivity index (χ3n) is 5.72. The maximum absolute atomic E-state index is 12.2. The monoisotopic (exact) mass is 434 g/mol. The molecule has 0 aromatic heterocycles. The summed E-state index contributed by atoms with van der Waals surface area (Å²) in [5, 5.41) is 10.4. The van der Waals surface area contributed by atoms with Crippen molar-refractivity contribution < 1.29 is 14.6 Å². The Labute approximate surface area is 193 Å². The van der Waals surface area contributed by atoms with Crippen molar-refractivity contribution in [1.82, 2.24) is 0 Å². The Hall–Kier alpha value is -1.35. The first kappa shape index (κ1) is 29.7. The fourth-order valence-electron chi connectivity index (χ4n) is 3.44. The summed E-state index contributed by atoms with van der Waals surface area (Å²) in [6, 6.07) is 0. The second-order valence-electron chi connectivity index (χ2n) is 9.26. The van der Waals surface area contributed by atoms with E-state index in [4.69, 9.17) is 4.74 Å². The van der Waals surface area contributed by atoms with E-state index in [1.807, 2.05) is 19.9 Å². The number of hydrogen-bond acceptors (Lipinski definition) is 3. The van der Waals surface area contributed by atoms with Gasteiger partial charge in [-0.1, -0.05) is 88.2 Å². The molecule has 0 heterocycles. The average Bonchev–Trinajstić information content (AvgIpc) is 2.73. The second-order valence-corrected chi connectivity index (χ2v) is 9.26. The second kappa shape index (κ2) is 19.3. The molecular weight excluding hydrogens is 384 g/mol. The number of carbonyl (C=O) groups is 1. The fraction of sp³-hybridized carbons (Fsp3) is 0.750. The molecule has 0 amide bonds. The van der Waals surface area contributed by atoms with E-state index in [-0.39, 0.29) is 5.97 Å². The van der Waals surface area contributed by atoms with Crippen molar-refractivity contribution in [2.45, 2.75) is 136 Å². The summed E-state index contributed by atoms with van der Waals surface area (Å²) >= 11 is 0. The van der Waals surface area contributed by atoms with Gasteiger partial charge in [-0.25, -0.2) is 0 Å². The zero-order valence-corrected chi connectivity index (χ0v) is 21.0. The third kappa shape index (κ3) is 18.0. The first-order valence-corrected chi connectivity index (χ1v) is 12.7. The summed E-state index contributed by atoms with van der Waals surface area (Å²) in [5.41, 5.74) is -0.0809. The number of hydrogen-bond donors (Lipinski definition) is 1. The Balaban J connectivity index is 3.79. The molecule has 180 valence electrons. The van der Waals surface area contributed by atoms with Crippen LogP contribution in [0.5, 0.6) is 0 Å². The molecule has 0 aliphatic heterocycles. The van der Waals surface area contributed by atoms with Gasteiger partial charge in [0.25, 0.3) is 0 Å². The lowest BCUT2D eigenvalue weighted by Gasteiger charge is -2.29. The van der Waals surface area contributed by atoms with Crippen LogP contribution in [0.15, 0.2) is 36.5 Å². The number of ether oxygens (including phenoxy) is 1. The van der Waals surface area contributed by atoms with Crippen molar-refractivity contribution in [3.8, 4) is 0 Å². The van der Waals surface area contributed by atoms with Crippen LogP contribution in [0.4, 0.5) is 0 Å². The van der Waals surface area contributed by atoms with Gasteiger partial charge in [-0.3, -0.25) is 4.79 Å². The highest BCUT2D eigenvalue weighted by Gasteiger charge is 2.31. The van der Waals surface area contributed by atoms with Gasteiger partial charge in [0, 0.05) is 12.8 Å². The van der Waals surface area contributed by atoms with E-state index < -0.39 is 11.7 Å². The maximum Gasteiger partial charge on any atom is 0.306 e.